The van der Waals surface area contributed by atoms with Gasteiger partial charge in [-0.25, -0.2) is 9.78 Å². The number of benzene rings is 1. The second-order valence-corrected chi connectivity index (χ2v) is 10.2. The lowest BCUT2D eigenvalue weighted by Crippen LogP contribution is -2.26. The van der Waals surface area contributed by atoms with Gasteiger partial charge >= 0.3 is 5.97 Å². The lowest BCUT2D eigenvalue weighted by Gasteiger charge is -2.20. The molecule has 0 aliphatic carbocycles. The van der Waals surface area contributed by atoms with Gasteiger partial charge in [-0.05, 0) is 51.4 Å². The highest BCUT2D eigenvalue weighted by atomic mass is 16.5. The highest BCUT2D eigenvalue weighted by Crippen LogP contribution is 2.39. The monoisotopic (exact) mass is 521 g/mol. The molecule has 7 heteroatoms. The quantitative estimate of drug-likeness (QED) is 0.194. The number of ether oxygens (including phenoxy) is 3. The van der Waals surface area contributed by atoms with Crippen LogP contribution in [-0.4, -0.2) is 48.4 Å². The summed E-state index contributed by atoms with van der Waals surface area (Å²) in [4.78, 5) is 18.2. The van der Waals surface area contributed by atoms with Crippen molar-refractivity contribution in [2.24, 2.45) is 0 Å². The summed E-state index contributed by atoms with van der Waals surface area (Å²) in [5.74, 6) is 0.383. The highest BCUT2D eigenvalue weighted by Gasteiger charge is 2.28. The number of pyridine rings is 1. The molecule has 1 atom stereocenters. The number of unbranched alkanes of at least 4 members (excludes halogenated alkanes) is 3. The Balaban J connectivity index is 1.78. The lowest BCUT2D eigenvalue weighted by molar-refractivity contribution is 0.0488. The van der Waals surface area contributed by atoms with Crippen LogP contribution in [0.3, 0.4) is 0 Å². The molecule has 0 saturated heterocycles. The summed E-state index contributed by atoms with van der Waals surface area (Å²) in [5.41, 5.74) is 5.46. The van der Waals surface area contributed by atoms with E-state index in [1.807, 2.05) is 14.0 Å². The van der Waals surface area contributed by atoms with Crippen molar-refractivity contribution in [2.45, 2.75) is 85.2 Å². The van der Waals surface area contributed by atoms with Crippen LogP contribution >= 0.6 is 0 Å². The summed E-state index contributed by atoms with van der Waals surface area (Å²) in [6.07, 6.45) is 6.53. The van der Waals surface area contributed by atoms with Crippen LogP contribution < -0.4 is 14.8 Å². The first kappa shape index (κ1) is 28.0. The number of nitrogens with zero attached hydrogens (tertiary/aromatic N) is 2. The molecular formula is C31H43N3O4. The Hall–Kier alpha value is -3.06. The van der Waals surface area contributed by atoms with Gasteiger partial charge in [-0.15, -0.1) is 0 Å². The lowest BCUT2D eigenvalue weighted by atomic mass is 10.0. The smallest absolute Gasteiger partial charge is 0.347 e. The molecule has 1 N–H and O–H groups in total. The first-order valence-corrected chi connectivity index (χ1v) is 14.3. The van der Waals surface area contributed by atoms with E-state index in [0.29, 0.717) is 43.1 Å². The molecule has 3 heterocycles. The SMILES string of the molecule is CCCCOC(=O)c1c(OCCCC)nc(-c2ccc3c(c2)cc2n3CC(NC)C2)c(C)c1OCCCC. The summed E-state index contributed by atoms with van der Waals surface area (Å²) >= 11 is 0. The van der Waals surface area contributed by atoms with Gasteiger partial charge in [0.1, 0.15) is 5.75 Å². The van der Waals surface area contributed by atoms with Gasteiger partial charge < -0.3 is 24.1 Å². The van der Waals surface area contributed by atoms with Crippen LogP contribution in [0.2, 0.25) is 0 Å². The maximum Gasteiger partial charge on any atom is 0.347 e. The summed E-state index contributed by atoms with van der Waals surface area (Å²) in [7, 11) is 2.02. The minimum atomic E-state index is -0.433. The van der Waals surface area contributed by atoms with E-state index < -0.39 is 5.97 Å². The fourth-order valence-electron chi connectivity index (χ4n) is 4.98. The van der Waals surface area contributed by atoms with Crippen LogP contribution in [0.4, 0.5) is 0 Å². The molecule has 206 valence electrons. The van der Waals surface area contributed by atoms with Crippen molar-refractivity contribution in [3.05, 3.63) is 41.1 Å². The van der Waals surface area contributed by atoms with Gasteiger partial charge in [-0.2, -0.15) is 0 Å². The molecule has 0 spiro atoms. The Morgan fingerprint density at radius 1 is 1.03 bits per heavy atom. The average molecular weight is 522 g/mol. The van der Waals surface area contributed by atoms with Crippen molar-refractivity contribution < 1.29 is 19.0 Å². The summed E-state index contributed by atoms with van der Waals surface area (Å²) in [5, 5.41) is 4.59. The van der Waals surface area contributed by atoms with E-state index in [0.717, 1.165) is 68.3 Å². The molecule has 0 saturated carbocycles. The number of esters is 1. The molecule has 38 heavy (non-hydrogen) atoms. The third-order valence-electron chi connectivity index (χ3n) is 7.29. The molecule has 4 rings (SSSR count). The second kappa shape index (κ2) is 13.1. The first-order chi connectivity index (χ1) is 18.5. The number of carbonyl (C=O) groups is 1. The highest BCUT2D eigenvalue weighted by molar-refractivity contribution is 5.97. The fraction of sp³-hybridized carbons (Fsp3) is 0.548. The van der Waals surface area contributed by atoms with Crippen LogP contribution in [0.1, 0.15) is 80.9 Å². The van der Waals surface area contributed by atoms with Gasteiger partial charge in [0, 0.05) is 46.7 Å². The van der Waals surface area contributed by atoms with Crippen molar-refractivity contribution in [3.8, 4) is 22.9 Å². The van der Waals surface area contributed by atoms with Gasteiger partial charge in [0.05, 0.1) is 25.5 Å². The van der Waals surface area contributed by atoms with Crippen LogP contribution in [-0.2, 0) is 17.7 Å². The largest absolute Gasteiger partial charge is 0.492 e. The number of aromatic nitrogens is 2. The second-order valence-electron chi connectivity index (χ2n) is 10.2. The first-order valence-electron chi connectivity index (χ1n) is 14.3. The molecule has 1 unspecified atom stereocenters. The van der Waals surface area contributed by atoms with Crippen molar-refractivity contribution in [1.29, 1.82) is 0 Å². The Morgan fingerprint density at radius 2 is 1.74 bits per heavy atom. The van der Waals surface area contributed by atoms with Gasteiger partial charge in [0.15, 0.2) is 5.56 Å². The number of likely N-dealkylation sites (N-methyl/N-ethyl adjacent to an activating group) is 1. The van der Waals surface area contributed by atoms with Crippen LogP contribution in [0.25, 0.3) is 22.2 Å². The van der Waals surface area contributed by atoms with Gasteiger partial charge in [0.25, 0.3) is 0 Å². The minimum Gasteiger partial charge on any atom is -0.492 e. The molecule has 1 aromatic carbocycles. The van der Waals surface area contributed by atoms with E-state index in [1.54, 1.807) is 0 Å². The Morgan fingerprint density at radius 3 is 2.45 bits per heavy atom. The number of nitrogens with one attached hydrogen (secondary N) is 1. The zero-order valence-corrected chi connectivity index (χ0v) is 23.7. The normalized spacial score (nSPS) is 14.6. The van der Waals surface area contributed by atoms with Gasteiger partial charge in [-0.1, -0.05) is 46.1 Å². The van der Waals surface area contributed by atoms with E-state index in [1.165, 1.54) is 16.6 Å². The Kier molecular flexibility index (Phi) is 9.67. The van der Waals surface area contributed by atoms with Crippen molar-refractivity contribution >= 4 is 16.9 Å². The summed E-state index contributed by atoms with van der Waals surface area (Å²) in [6.45, 7) is 10.6. The van der Waals surface area contributed by atoms with E-state index >= 15 is 0 Å². The average Bonchev–Trinajstić information content (AvgIpc) is 3.47. The van der Waals surface area contributed by atoms with Crippen molar-refractivity contribution in [3.63, 3.8) is 0 Å². The van der Waals surface area contributed by atoms with E-state index in [2.05, 4.69) is 54.9 Å². The third-order valence-corrected chi connectivity index (χ3v) is 7.29. The molecule has 7 nitrogen and oxygen atoms in total. The maximum atomic E-state index is 13.3. The van der Waals surface area contributed by atoms with E-state index in [-0.39, 0.29) is 0 Å². The zero-order valence-electron chi connectivity index (χ0n) is 23.7. The van der Waals surface area contributed by atoms with E-state index in [4.69, 9.17) is 19.2 Å². The Bertz CT molecular complexity index is 1250. The predicted molar refractivity (Wildman–Crippen MR) is 152 cm³/mol. The molecule has 0 amide bonds. The summed E-state index contributed by atoms with van der Waals surface area (Å²) in [6, 6.07) is 9.24. The fourth-order valence-corrected chi connectivity index (χ4v) is 4.98. The molecule has 0 fully saturated rings. The predicted octanol–water partition coefficient (Wildman–Crippen LogP) is 6.47. The van der Waals surface area contributed by atoms with Crippen molar-refractivity contribution in [2.75, 3.05) is 26.9 Å². The molecule has 0 radical (unpaired) electrons. The molecule has 2 aromatic heterocycles. The van der Waals surface area contributed by atoms with Gasteiger partial charge in [0.2, 0.25) is 5.88 Å². The molecule has 1 aliphatic heterocycles. The molecule has 1 aliphatic rings. The number of hydrogen-bond donors (Lipinski definition) is 1. The zero-order chi connectivity index (χ0) is 27.1. The molecule has 3 aromatic rings. The van der Waals surface area contributed by atoms with Crippen LogP contribution in [0.15, 0.2) is 24.3 Å². The number of carbonyl (C=O) groups excluding carboxylic acids is 1. The number of rotatable bonds is 14. The van der Waals surface area contributed by atoms with Crippen LogP contribution in [0, 0.1) is 6.92 Å². The van der Waals surface area contributed by atoms with E-state index in [9.17, 15) is 4.79 Å². The van der Waals surface area contributed by atoms with Crippen LogP contribution in [0.5, 0.6) is 11.6 Å². The standard InChI is InChI=1S/C31H43N3O4/c1-6-9-14-36-29-21(4)28(33-30(37-15-10-7-2)27(29)31(35)38-16-11-8-3)22-12-13-26-23(17-22)18-25-19-24(32-5)20-34(25)26/h12-13,17-18,24,32H,6-11,14-16,19-20H2,1-5H3. The number of hydrogen-bond acceptors (Lipinski definition) is 6. The maximum absolute atomic E-state index is 13.3. The van der Waals surface area contributed by atoms with Gasteiger partial charge in [-0.3, -0.25) is 0 Å². The third kappa shape index (κ3) is 5.98. The molecule has 0 bridgehead atoms. The number of fused-ring (bicyclic) bond motifs is 3. The minimum absolute atomic E-state index is 0.295. The topological polar surface area (TPSA) is 74.6 Å². The Labute approximate surface area is 226 Å². The van der Waals surface area contributed by atoms with Crippen molar-refractivity contribution in [1.82, 2.24) is 14.9 Å². The molecular weight excluding hydrogens is 478 g/mol. The summed E-state index contributed by atoms with van der Waals surface area (Å²) < 4.78 is 20.4.